The van der Waals surface area contributed by atoms with Gasteiger partial charge in [-0.3, -0.25) is 4.68 Å². The van der Waals surface area contributed by atoms with Crippen molar-refractivity contribution in [2.45, 2.75) is 51.6 Å². The fourth-order valence-corrected chi connectivity index (χ4v) is 2.43. The summed E-state index contributed by atoms with van der Waals surface area (Å²) in [5.74, 6) is 0.919. The lowest BCUT2D eigenvalue weighted by atomic mass is 10.0. The molecular formula is C12H22N4. The highest BCUT2D eigenvalue weighted by atomic mass is 15.4. The third-order valence-corrected chi connectivity index (χ3v) is 3.50. The lowest BCUT2D eigenvalue weighted by Gasteiger charge is -2.16. The summed E-state index contributed by atoms with van der Waals surface area (Å²) in [6, 6.07) is 0.716. The maximum absolute atomic E-state index is 3.96. The largest absolute Gasteiger partial charge is 0.312 e. The summed E-state index contributed by atoms with van der Waals surface area (Å²) >= 11 is 0. The summed E-state index contributed by atoms with van der Waals surface area (Å²) in [7, 11) is 0. The van der Waals surface area contributed by atoms with Crippen LogP contribution in [0.3, 0.4) is 0 Å². The zero-order valence-corrected chi connectivity index (χ0v) is 10.1. The van der Waals surface area contributed by atoms with E-state index in [1.165, 1.54) is 32.1 Å². The first kappa shape index (κ1) is 11.6. The molecule has 1 N–H and O–H groups in total. The Morgan fingerprint density at radius 1 is 1.31 bits per heavy atom. The van der Waals surface area contributed by atoms with E-state index in [1.54, 1.807) is 6.20 Å². The van der Waals surface area contributed by atoms with Gasteiger partial charge in [0, 0.05) is 18.8 Å². The van der Waals surface area contributed by atoms with E-state index in [9.17, 15) is 0 Å². The second-order valence-corrected chi connectivity index (χ2v) is 4.93. The molecule has 2 rings (SSSR count). The SMILES string of the molecule is CC1CCCC(NCCn2ccnn2)CC1. The number of rotatable bonds is 4. The Balaban J connectivity index is 1.65. The van der Waals surface area contributed by atoms with E-state index >= 15 is 0 Å². The van der Waals surface area contributed by atoms with Crippen LogP contribution in [-0.4, -0.2) is 27.6 Å². The van der Waals surface area contributed by atoms with Crippen LogP contribution in [0.25, 0.3) is 0 Å². The molecule has 1 heterocycles. The van der Waals surface area contributed by atoms with Crippen molar-refractivity contribution in [3.63, 3.8) is 0 Å². The molecular weight excluding hydrogens is 200 g/mol. The first-order valence-corrected chi connectivity index (χ1v) is 6.42. The molecule has 1 saturated carbocycles. The van der Waals surface area contributed by atoms with Crippen LogP contribution in [-0.2, 0) is 6.54 Å². The Kier molecular flexibility index (Phi) is 4.34. The predicted octanol–water partition coefficient (Wildman–Crippen LogP) is 1.84. The van der Waals surface area contributed by atoms with E-state index in [0.29, 0.717) is 6.04 Å². The fourth-order valence-electron chi connectivity index (χ4n) is 2.43. The van der Waals surface area contributed by atoms with Crippen molar-refractivity contribution >= 4 is 0 Å². The third kappa shape index (κ3) is 3.59. The Labute approximate surface area is 97.4 Å². The van der Waals surface area contributed by atoms with Gasteiger partial charge in [0.15, 0.2) is 0 Å². The number of hydrogen-bond acceptors (Lipinski definition) is 3. The second kappa shape index (κ2) is 5.99. The summed E-state index contributed by atoms with van der Waals surface area (Å²) in [6.45, 7) is 4.30. The van der Waals surface area contributed by atoms with E-state index in [4.69, 9.17) is 0 Å². The van der Waals surface area contributed by atoms with E-state index in [-0.39, 0.29) is 0 Å². The molecule has 0 saturated heterocycles. The molecule has 0 aliphatic heterocycles. The second-order valence-electron chi connectivity index (χ2n) is 4.93. The smallest absolute Gasteiger partial charge is 0.0692 e. The molecule has 0 spiro atoms. The molecule has 16 heavy (non-hydrogen) atoms. The molecule has 2 atom stereocenters. The zero-order chi connectivity index (χ0) is 11.2. The van der Waals surface area contributed by atoms with E-state index < -0.39 is 0 Å². The van der Waals surface area contributed by atoms with Crippen LogP contribution in [0.2, 0.25) is 0 Å². The minimum absolute atomic E-state index is 0.716. The van der Waals surface area contributed by atoms with Crippen molar-refractivity contribution in [2.75, 3.05) is 6.54 Å². The van der Waals surface area contributed by atoms with Gasteiger partial charge in [0.25, 0.3) is 0 Å². The lowest BCUT2D eigenvalue weighted by Crippen LogP contribution is -2.31. The van der Waals surface area contributed by atoms with Gasteiger partial charge in [-0.2, -0.15) is 0 Å². The molecule has 0 amide bonds. The van der Waals surface area contributed by atoms with Gasteiger partial charge in [-0.15, -0.1) is 5.10 Å². The first-order chi connectivity index (χ1) is 7.84. The lowest BCUT2D eigenvalue weighted by molar-refractivity contribution is 0.427. The molecule has 0 aromatic carbocycles. The number of aromatic nitrogens is 3. The summed E-state index contributed by atoms with van der Waals surface area (Å²) in [6.07, 6.45) is 10.5. The van der Waals surface area contributed by atoms with Gasteiger partial charge in [-0.05, 0) is 25.2 Å². The number of nitrogens with one attached hydrogen (secondary N) is 1. The molecule has 1 aromatic heterocycles. The van der Waals surface area contributed by atoms with Crippen LogP contribution in [0.5, 0.6) is 0 Å². The van der Waals surface area contributed by atoms with E-state index in [1.807, 2.05) is 10.9 Å². The summed E-state index contributed by atoms with van der Waals surface area (Å²) in [4.78, 5) is 0. The summed E-state index contributed by atoms with van der Waals surface area (Å²) < 4.78 is 1.88. The number of hydrogen-bond donors (Lipinski definition) is 1. The standard InChI is InChI=1S/C12H22N4/c1-11-3-2-4-12(6-5-11)13-7-9-16-10-8-14-15-16/h8,10-13H,2-7,9H2,1H3. The van der Waals surface area contributed by atoms with Crippen LogP contribution in [0.1, 0.15) is 39.0 Å². The Hall–Kier alpha value is -0.900. The fraction of sp³-hybridized carbons (Fsp3) is 0.833. The van der Waals surface area contributed by atoms with Crippen LogP contribution >= 0.6 is 0 Å². The highest BCUT2D eigenvalue weighted by molar-refractivity contribution is 4.73. The minimum Gasteiger partial charge on any atom is -0.312 e. The van der Waals surface area contributed by atoms with E-state index in [0.717, 1.165) is 19.0 Å². The van der Waals surface area contributed by atoms with Crippen molar-refractivity contribution in [3.05, 3.63) is 12.4 Å². The molecule has 0 radical (unpaired) electrons. The molecule has 2 unspecified atom stereocenters. The van der Waals surface area contributed by atoms with Gasteiger partial charge in [0.05, 0.1) is 12.7 Å². The van der Waals surface area contributed by atoms with Gasteiger partial charge >= 0.3 is 0 Å². The molecule has 4 nitrogen and oxygen atoms in total. The quantitative estimate of drug-likeness (QED) is 0.790. The minimum atomic E-state index is 0.716. The predicted molar refractivity (Wildman–Crippen MR) is 64.1 cm³/mol. The van der Waals surface area contributed by atoms with Crippen molar-refractivity contribution in [1.29, 1.82) is 0 Å². The van der Waals surface area contributed by atoms with Crippen molar-refractivity contribution in [3.8, 4) is 0 Å². The van der Waals surface area contributed by atoms with Crippen LogP contribution in [0.15, 0.2) is 12.4 Å². The number of nitrogens with zero attached hydrogens (tertiary/aromatic N) is 3. The summed E-state index contributed by atoms with van der Waals surface area (Å²) in [5.41, 5.74) is 0. The summed E-state index contributed by atoms with van der Waals surface area (Å²) in [5, 5.41) is 11.4. The van der Waals surface area contributed by atoms with E-state index in [2.05, 4.69) is 22.6 Å². The van der Waals surface area contributed by atoms with Crippen LogP contribution < -0.4 is 5.32 Å². The molecule has 1 fully saturated rings. The van der Waals surface area contributed by atoms with Gasteiger partial charge in [-0.1, -0.05) is 25.0 Å². The average molecular weight is 222 g/mol. The molecule has 90 valence electrons. The maximum atomic E-state index is 3.96. The zero-order valence-electron chi connectivity index (χ0n) is 10.1. The van der Waals surface area contributed by atoms with Gasteiger partial charge in [0.2, 0.25) is 0 Å². The third-order valence-electron chi connectivity index (χ3n) is 3.50. The van der Waals surface area contributed by atoms with Gasteiger partial charge in [0.1, 0.15) is 0 Å². The Morgan fingerprint density at radius 2 is 2.25 bits per heavy atom. The van der Waals surface area contributed by atoms with Crippen molar-refractivity contribution in [1.82, 2.24) is 20.3 Å². The van der Waals surface area contributed by atoms with Crippen LogP contribution in [0.4, 0.5) is 0 Å². The maximum Gasteiger partial charge on any atom is 0.0692 e. The Morgan fingerprint density at radius 3 is 3.06 bits per heavy atom. The van der Waals surface area contributed by atoms with Gasteiger partial charge in [-0.25, -0.2) is 0 Å². The molecule has 4 heteroatoms. The normalized spacial score (nSPS) is 26.6. The highest BCUT2D eigenvalue weighted by Gasteiger charge is 2.15. The molecule has 0 bridgehead atoms. The Bertz CT molecular complexity index is 283. The average Bonchev–Trinajstić information content (AvgIpc) is 2.70. The molecule has 1 aromatic rings. The van der Waals surface area contributed by atoms with Crippen LogP contribution in [0, 0.1) is 5.92 Å². The molecule has 1 aliphatic carbocycles. The highest BCUT2D eigenvalue weighted by Crippen LogP contribution is 2.22. The topological polar surface area (TPSA) is 42.7 Å². The monoisotopic (exact) mass is 222 g/mol. The first-order valence-electron chi connectivity index (χ1n) is 6.42. The van der Waals surface area contributed by atoms with Gasteiger partial charge < -0.3 is 5.32 Å². The van der Waals surface area contributed by atoms with Crippen molar-refractivity contribution in [2.24, 2.45) is 5.92 Å². The molecule has 1 aliphatic rings. The van der Waals surface area contributed by atoms with Crippen molar-refractivity contribution < 1.29 is 0 Å².